The molecule has 0 bridgehead atoms. The number of benzene rings is 1. The number of carbonyl (C=O) groups excluding carboxylic acids is 2. The fourth-order valence-electron chi connectivity index (χ4n) is 2.47. The zero-order valence-electron chi connectivity index (χ0n) is 13.8. The normalized spacial score (nSPS) is 15.8. The van der Waals surface area contributed by atoms with Gasteiger partial charge in [-0.05, 0) is 48.5 Å². The van der Waals surface area contributed by atoms with Crippen LogP contribution in [0.2, 0.25) is 10.0 Å². The van der Waals surface area contributed by atoms with Gasteiger partial charge < -0.3 is 9.52 Å². The number of halogens is 2. The van der Waals surface area contributed by atoms with Gasteiger partial charge in [0.2, 0.25) is 0 Å². The highest BCUT2D eigenvalue weighted by molar-refractivity contribution is 8.18. The number of aliphatic carboxylic acids is 1. The summed E-state index contributed by atoms with van der Waals surface area (Å²) in [6.07, 6.45) is 1.57. The second kappa shape index (κ2) is 8.21. The molecule has 0 saturated carbocycles. The molecule has 1 aromatic carbocycles. The van der Waals surface area contributed by atoms with Crippen molar-refractivity contribution in [1.82, 2.24) is 4.90 Å². The van der Waals surface area contributed by atoms with Gasteiger partial charge in [-0.15, -0.1) is 0 Å². The van der Waals surface area contributed by atoms with Crippen LogP contribution in [0.15, 0.2) is 39.7 Å². The molecule has 1 fully saturated rings. The fourth-order valence-corrected chi connectivity index (χ4v) is 3.70. The van der Waals surface area contributed by atoms with Crippen LogP contribution in [0.25, 0.3) is 17.4 Å². The summed E-state index contributed by atoms with van der Waals surface area (Å²) in [5.41, 5.74) is 0.616. The number of furan rings is 1. The maximum absolute atomic E-state index is 12.4. The molecular weight excluding hydrogens is 413 g/mol. The first kappa shape index (κ1) is 19.5. The van der Waals surface area contributed by atoms with Gasteiger partial charge in [0.25, 0.3) is 11.1 Å². The first-order chi connectivity index (χ1) is 12.8. The molecule has 0 unspecified atom stereocenters. The highest BCUT2D eigenvalue weighted by Crippen LogP contribution is 2.35. The van der Waals surface area contributed by atoms with E-state index in [4.69, 9.17) is 32.7 Å². The Hall–Kier alpha value is -2.22. The van der Waals surface area contributed by atoms with Crippen LogP contribution in [0.4, 0.5) is 4.79 Å². The molecule has 3 rings (SSSR count). The molecule has 1 aliphatic rings. The molecule has 140 valence electrons. The Balaban J connectivity index is 1.77. The van der Waals surface area contributed by atoms with E-state index in [-0.39, 0.29) is 24.3 Å². The second-order valence-electron chi connectivity index (χ2n) is 5.66. The number of thioether (sulfide) groups is 1. The van der Waals surface area contributed by atoms with Gasteiger partial charge in [0.15, 0.2) is 0 Å². The fraction of sp³-hybridized carbons (Fsp3) is 0.167. The summed E-state index contributed by atoms with van der Waals surface area (Å²) < 4.78 is 5.71. The zero-order chi connectivity index (χ0) is 19.6. The number of nitrogens with zero attached hydrogens (tertiary/aromatic N) is 1. The Morgan fingerprint density at radius 1 is 1.22 bits per heavy atom. The van der Waals surface area contributed by atoms with Crippen LogP contribution >= 0.6 is 35.0 Å². The van der Waals surface area contributed by atoms with E-state index in [1.54, 1.807) is 30.3 Å². The first-order valence-electron chi connectivity index (χ1n) is 7.87. The van der Waals surface area contributed by atoms with Crippen molar-refractivity contribution in [2.45, 2.75) is 12.8 Å². The number of rotatable bonds is 6. The molecule has 9 heteroatoms. The first-order valence-corrected chi connectivity index (χ1v) is 9.45. The van der Waals surface area contributed by atoms with Gasteiger partial charge in [0.05, 0.1) is 9.93 Å². The van der Waals surface area contributed by atoms with Crippen molar-refractivity contribution in [3.63, 3.8) is 0 Å². The van der Waals surface area contributed by atoms with E-state index in [1.165, 1.54) is 6.08 Å². The summed E-state index contributed by atoms with van der Waals surface area (Å²) in [5, 5.41) is 9.22. The zero-order valence-corrected chi connectivity index (χ0v) is 16.1. The van der Waals surface area contributed by atoms with Crippen LogP contribution in [0.3, 0.4) is 0 Å². The Labute approximate surface area is 168 Å². The minimum atomic E-state index is -0.972. The summed E-state index contributed by atoms with van der Waals surface area (Å²) in [6, 6.07) is 8.34. The van der Waals surface area contributed by atoms with E-state index in [0.717, 1.165) is 16.7 Å². The Morgan fingerprint density at radius 2 is 2.00 bits per heavy atom. The van der Waals surface area contributed by atoms with Crippen LogP contribution in [0.1, 0.15) is 18.6 Å². The van der Waals surface area contributed by atoms with Crippen LogP contribution in [-0.2, 0) is 9.59 Å². The molecule has 1 saturated heterocycles. The lowest BCUT2D eigenvalue weighted by molar-refractivity contribution is -0.137. The summed E-state index contributed by atoms with van der Waals surface area (Å²) in [4.78, 5) is 36.2. The Bertz CT molecular complexity index is 953. The molecule has 0 radical (unpaired) electrons. The highest BCUT2D eigenvalue weighted by atomic mass is 35.5. The van der Waals surface area contributed by atoms with E-state index < -0.39 is 17.1 Å². The van der Waals surface area contributed by atoms with Crippen molar-refractivity contribution in [2.75, 3.05) is 6.54 Å². The SMILES string of the molecule is O=C(O)CCCN1C(=O)S/C(=C/c2ccc(-c3cc(Cl)ccc3Cl)o2)C1=O. The molecule has 6 nitrogen and oxygen atoms in total. The monoisotopic (exact) mass is 425 g/mol. The van der Waals surface area contributed by atoms with Gasteiger partial charge in [0, 0.05) is 29.6 Å². The minimum absolute atomic E-state index is 0.0653. The van der Waals surface area contributed by atoms with Crippen LogP contribution in [-0.4, -0.2) is 33.7 Å². The van der Waals surface area contributed by atoms with E-state index >= 15 is 0 Å². The minimum Gasteiger partial charge on any atom is -0.481 e. The summed E-state index contributed by atoms with van der Waals surface area (Å²) in [7, 11) is 0. The van der Waals surface area contributed by atoms with Crippen molar-refractivity contribution < 1.29 is 23.9 Å². The number of amides is 2. The maximum atomic E-state index is 12.4. The Kier molecular flexibility index (Phi) is 5.94. The molecular formula is C18H13Cl2NO5S. The molecule has 2 aromatic rings. The van der Waals surface area contributed by atoms with Crippen molar-refractivity contribution >= 4 is 58.2 Å². The lowest BCUT2D eigenvalue weighted by Gasteiger charge is -2.10. The number of hydrogen-bond donors (Lipinski definition) is 1. The summed E-state index contributed by atoms with van der Waals surface area (Å²) in [5.74, 6) is -0.569. The number of imide groups is 1. The third-order valence-electron chi connectivity index (χ3n) is 3.74. The average Bonchev–Trinajstić information content (AvgIpc) is 3.17. The van der Waals surface area contributed by atoms with Gasteiger partial charge in [-0.2, -0.15) is 0 Å². The molecule has 0 atom stereocenters. The molecule has 0 aliphatic carbocycles. The maximum Gasteiger partial charge on any atom is 0.303 e. The van der Waals surface area contributed by atoms with Gasteiger partial charge in [-0.3, -0.25) is 19.3 Å². The number of carboxylic acids is 1. The predicted molar refractivity (Wildman–Crippen MR) is 104 cm³/mol. The van der Waals surface area contributed by atoms with E-state index in [9.17, 15) is 14.4 Å². The Morgan fingerprint density at radius 3 is 2.74 bits per heavy atom. The van der Waals surface area contributed by atoms with Gasteiger partial charge >= 0.3 is 5.97 Å². The predicted octanol–water partition coefficient (Wildman–Crippen LogP) is 5.15. The van der Waals surface area contributed by atoms with Crippen LogP contribution in [0.5, 0.6) is 0 Å². The lowest BCUT2D eigenvalue weighted by Crippen LogP contribution is -2.29. The second-order valence-corrected chi connectivity index (χ2v) is 7.49. The number of hydrogen-bond acceptors (Lipinski definition) is 5. The van der Waals surface area contributed by atoms with E-state index in [1.807, 2.05) is 0 Å². The average molecular weight is 426 g/mol. The van der Waals surface area contributed by atoms with Crippen molar-refractivity contribution in [3.05, 3.63) is 51.0 Å². The molecule has 1 aromatic heterocycles. The van der Waals surface area contributed by atoms with E-state index in [2.05, 4.69) is 0 Å². The van der Waals surface area contributed by atoms with Gasteiger partial charge in [0.1, 0.15) is 11.5 Å². The number of carboxylic acid groups (broad SMARTS) is 1. The quantitative estimate of drug-likeness (QED) is 0.643. The largest absolute Gasteiger partial charge is 0.481 e. The summed E-state index contributed by atoms with van der Waals surface area (Å²) >= 11 is 12.9. The van der Waals surface area contributed by atoms with Crippen molar-refractivity contribution in [2.24, 2.45) is 0 Å². The lowest BCUT2D eigenvalue weighted by atomic mass is 10.2. The topological polar surface area (TPSA) is 87.8 Å². The molecule has 1 aliphatic heterocycles. The molecule has 2 heterocycles. The van der Waals surface area contributed by atoms with Gasteiger partial charge in [-0.1, -0.05) is 23.2 Å². The number of carbonyl (C=O) groups is 3. The standard InChI is InChI=1S/C18H13Cl2NO5S/c19-10-3-5-13(20)12(8-10)14-6-4-11(26-14)9-15-17(24)21(18(25)27-15)7-1-2-16(22)23/h3-6,8-9H,1-2,7H2,(H,22,23)/b15-9+. The molecule has 0 spiro atoms. The van der Waals surface area contributed by atoms with Crippen LogP contribution < -0.4 is 0 Å². The third kappa shape index (κ3) is 4.55. The summed E-state index contributed by atoms with van der Waals surface area (Å²) in [6.45, 7) is 0.0653. The smallest absolute Gasteiger partial charge is 0.303 e. The highest BCUT2D eigenvalue weighted by Gasteiger charge is 2.34. The molecule has 2 amide bonds. The van der Waals surface area contributed by atoms with Crippen molar-refractivity contribution in [3.8, 4) is 11.3 Å². The molecule has 1 N–H and O–H groups in total. The van der Waals surface area contributed by atoms with Crippen molar-refractivity contribution in [1.29, 1.82) is 0 Å². The third-order valence-corrected chi connectivity index (χ3v) is 5.21. The van der Waals surface area contributed by atoms with E-state index in [0.29, 0.717) is 27.1 Å². The van der Waals surface area contributed by atoms with Crippen LogP contribution in [0, 0.1) is 0 Å². The molecule has 27 heavy (non-hydrogen) atoms. The van der Waals surface area contributed by atoms with Gasteiger partial charge in [-0.25, -0.2) is 0 Å².